The molecule has 1 atom stereocenters. The third-order valence-corrected chi connectivity index (χ3v) is 3.80. The molecule has 2 heterocycles. The molecular formula is C18H22N4O6. The molecule has 0 saturated carbocycles. The van der Waals surface area contributed by atoms with Crippen LogP contribution in [0.4, 0.5) is 16.3 Å². The molecule has 150 valence electrons. The Hall–Kier alpha value is -3.30. The Kier molecular flexibility index (Phi) is 4.88. The average Bonchev–Trinajstić information content (AvgIpc) is 3.08. The minimum Gasteiger partial charge on any atom is -0.489 e. The summed E-state index contributed by atoms with van der Waals surface area (Å²) in [5.74, 6) is 0.348. The first kappa shape index (κ1) is 19.5. The van der Waals surface area contributed by atoms with E-state index >= 15 is 0 Å². The quantitative estimate of drug-likeness (QED) is 0.614. The fraction of sp³-hybridized carbons (Fsp3) is 0.444. The SMILES string of the molecule is CC(C)(C)OC(=O)Nc1ccc(OC[C@@]2(C)Cn3cc([N+](=O)[O-])nc3O2)cc1. The van der Waals surface area contributed by atoms with Gasteiger partial charge in [0.25, 0.3) is 0 Å². The van der Waals surface area contributed by atoms with Crippen LogP contribution in [0.3, 0.4) is 0 Å². The number of fused-ring (bicyclic) bond motifs is 1. The number of nitro groups is 1. The highest BCUT2D eigenvalue weighted by atomic mass is 16.6. The molecule has 1 aromatic heterocycles. The number of carbonyl (C=O) groups is 1. The van der Waals surface area contributed by atoms with Crippen LogP contribution < -0.4 is 14.8 Å². The molecule has 0 fully saturated rings. The third kappa shape index (κ3) is 4.70. The number of imidazole rings is 1. The first-order valence-corrected chi connectivity index (χ1v) is 8.66. The van der Waals surface area contributed by atoms with Gasteiger partial charge in [-0.25, -0.2) is 4.79 Å². The van der Waals surface area contributed by atoms with E-state index in [1.54, 1.807) is 49.6 Å². The average molecular weight is 390 g/mol. The molecule has 0 aliphatic carbocycles. The Bertz CT molecular complexity index is 861. The second-order valence-electron chi connectivity index (χ2n) is 7.76. The van der Waals surface area contributed by atoms with Gasteiger partial charge in [0, 0.05) is 10.7 Å². The van der Waals surface area contributed by atoms with E-state index in [4.69, 9.17) is 14.2 Å². The van der Waals surface area contributed by atoms with E-state index in [9.17, 15) is 14.9 Å². The van der Waals surface area contributed by atoms with E-state index in [0.29, 0.717) is 18.0 Å². The van der Waals surface area contributed by atoms with E-state index < -0.39 is 22.2 Å². The van der Waals surface area contributed by atoms with Crippen molar-refractivity contribution < 1.29 is 23.9 Å². The predicted octanol–water partition coefficient (Wildman–Crippen LogP) is 3.37. The molecule has 1 aliphatic heterocycles. The summed E-state index contributed by atoms with van der Waals surface area (Å²) in [6, 6.07) is 7.04. The maximum atomic E-state index is 11.8. The van der Waals surface area contributed by atoms with Gasteiger partial charge in [-0.15, -0.1) is 0 Å². The van der Waals surface area contributed by atoms with Gasteiger partial charge in [0.15, 0.2) is 5.60 Å². The molecule has 1 N–H and O–H groups in total. The normalized spacial score (nSPS) is 18.1. The second-order valence-corrected chi connectivity index (χ2v) is 7.76. The van der Waals surface area contributed by atoms with Crippen LogP contribution in [0.2, 0.25) is 0 Å². The number of carbonyl (C=O) groups excluding carboxylic acids is 1. The molecule has 1 amide bonds. The Morgan fingerprint density at radius 2 is 2.07 bits per heavy atom. The number of benzene rings is 1. The molecule has 0 radical (unpaired) electrons. The highest BCUT2D eigenvalue weighted by molar-refractivity contribution is 5.84. The summed E-state index contributed by atoms with van der Waals surface area (Å²) in [5.41, 5.74) is -0.680. The van der Waals surface area contributed by atoms with Crippen molar-refractivity contribution in [1.29, 1.82) is 0 Å². The number of aromatic nitrogens is 2. The number of hydrogen-bond donors (Lipinski definition) is 1. The van der Waals surface area contributed by atoms with Gasteiger partial charge in [-0.1, -0.05) is 0 Å². The summed E-state index contributed by atoms with van der Waals surface area (Å²) in [4.78, 5) is 25.8. The van der Waals surface area contributed by atoms with Crippen molar-refractivity contribution in [1.82, 2.24) is 9.55 Å². The summed E-state index contributed by atoms with van der Waals surface area (Å²) in [6.45, 7) is 7.83. The van der Waals surface area contributed by atoms with Gasteiger partial charge in [-0.3, -0.25) is 9.88 Å². The lowest BCUT2D eigenvalue weighted by Crippen LogP contribution is -2.38. The molecule has 10 heteroatoms. The first-order chi connectivity index (χ1) is 13.0. The van der Waals surface area contributed by atoms with Crippen LogP contribution in [0.15, 0.2) is 30.5 Å². The fourth-order valence-electron chi connectivity index (χ4n) is 2.65. The largest absolute Gasteiger partial charge is 0.489 e. The number of anilines is 1. The van der Waals surface area contributed by atoms with E-state index in [0.717, 1.165) is 0 Å². The van der Waals surface area contributed by atoms with Crippen LogP contribution >= 0.6 is 0 Å². The Morgan fingerprint density at radius 1 is 1.39 bits per heavy atom. The zero-order chi connectivity index (χ0) is 20.5. The fourth-order valence-corrected chi connectivity index (χ4v) is 2.65. The number of hydrogen-bond acceptors (Lipinski definition) is 7. The Morgan fingerprint density at radius 3 is 2.64 bits per heavy atom. The van der Waals surface area contributed by atoms with Gasteiger partial charge in [0.05, 0.1) is 6.54 Å². The maximum Gasteiger partial charge on any atom is 0.415 e. The molecule has 0 spiro atoms. The van der Waals surface area contributed by atoms with Gasteiger partial charge < -0.3 is 24.3 Å². The lowest BCUT2D eigenvalue weighted by molar-refractivity contribution is -0.389. The lowest BCUT2D eigenvalue weighted by atomic mass is 10.1. The monoisotopic (exact) mass is 390 g/mol. The summed E-state index contributed by atoms with van der Waals surface area (Å²) in [7, 11) is 0. The number of rotatable bonds is 5. The molecule has 3 rings (SSSR count). The standard InChI is InChI=1S/C18H22N4O6/c1-17(2,3)28-16(23)19-12-5-7-13(8-6-12)26-11-18(4)10-21-9-14(22(24)25)20-15(21)27-18/h5-9H,10-11H2,1-4H3,(H,19,23)/t18-/m1/s1. The number of nitrogens with one attached hydrogen (secondary N) is 1. The third-order valence-electron chi connectivity index (χ3n) is 3.80. The summed E-state index contributed by atoms with van der Waals surface area (Å²) < 4.78 is 18.3. The molecule has 28 heavy (non-hydrogen) atoms. The van der Waals surface area contributed by atoms with Crippen LogP contribution in [0, 0.1) is 10.1 Å². The molecule has 0 unspecified atom stereocenters. The summed E-state index contributed by atoms with van der Waals surface area (Å²) >= 11 is 0. The van der Waals surface area contributed by atoms with Crippen LogP contribution in [0.5, 0.6) is 11.8 Å². The van der Waals surface area contributed by atoms with Crippen LogP contribution in [-0.2, 0) is 11.3 Å². The van der Waals surface area contributed by atoms with Crippen molar-refractivity contribution in [3.63, 3.8) is 0 Å². The van der Waals surface area contributed by atoms with Crippen molar-refractivity contribution in [3.05, 3.63) is 40.6 Å². The highest BCUT2D eigenvalue weighted by Gasteiger charge is 2.41. The molecule has 2 aromatic rings. The molecule has 0 bridgehead atoms. The van der Waals surface area contributed by atoms with E-state index in [-0.39, 0.29) is 18.4 Å². The molecule has 1 aliphatic rings. The predicted molar refractivity (Wildman–Crippen MR) is 99.7 cm³/mol. The van der Waals surface area contributed by atoms with E-state index in [2.05, 4.69) is 10.3 Å². The van der Waals surface area contributed by atoms with E-state index in [1.807, 2.05) is 6.92 Å². The lowest BCUT2D eigenvalue weighted by Gasteiger charge is -2.22. The molecule has 10 nitrogen and oxygen atoms in total. The van der Waals surface area contributed by atoms with Crippen LogP contribution in [0.1, 0.15) is 27.7 Å². The highest BCUT2D eigenvalue weighted by Crippen LogP contribution is 2.31. The second kappa shape index (κ2) is 7.02. The van der Waals surface area contributed by atoms with Gasteiger partial charge >= 0.3 is 17.9 Å². The maximum absolute atomic E-state index is 11.8. The van der Waals surface area contributed by atoms with Gasteiger partial charge in [0.2, 0.25) is 0 Å². The zero-order valence-corrected chi connectivity index (χ0v) is 16.1. The van der Waals surface area contributed by atoms with Gasteiger partial charge in [-0.05, 0) is 56.9 Å². The zero-order valence-electron chi connectivity index (χ0n) is 16.1. The van der Waals surface area contributed by atoms with Crippen molar-refractivity contribution in [2.45, 2.75) is 45.4 Å². The first-order valence-electron chi connectivity index (χ1n) is 8.66. The molecule has 1 aromatic carbocycles. The van der Waals surface area contributed by atoms with Crippen molar-refractivity contribution in [3.8, 4) is 11.8 Å². The van der Waals surface area contributed by atoms with E-state index in [1.165, 1.54) is 6.20 Å². The van der Waals surface area contributed by atoms with Crippen molar-refractivity contribution >= 4 is 17.6 Å². The minimum atomic E-state index is -0.690. The Balaban J connectivity index is 1.53. The van der Waals surface area contributed by atoms with Crippen molar-refractivity contribution in [2.75, 3.05) is 11.9 Å². The smallest absolute Gasteiger partial charge is 0.415 e. The van der Waals surface area contributed by atoms with Gasteiger partial charge in [0.1, 0.15) is 24.2 Å². The van der Waals surface area contributed by atoms with Crippen LogP contribution in [-0.4, -0.2) is 38.4 Å². The summed E-state index contributed by atoms with van der Waals surface area (Å²) in [5, 5.41) is 13.4. The number of amides is 1. The molecule has 0 saturated heterocycles. The van der Waals surface area contributed by atoms with Crippen LogP contribution in [0.25, 0.3) is 0 Å². The number of nitrogens with zero attached hydrogens (tertiary/aromatic N) is 3. The van der Waals surface area contributed by atoms with Gasteiger partial charge in [-0.2, -0.15) is 0 Å². The summed E-state index contributed by atoms with van der Waals surface area (Å²) in [6.07, 6.45) is 0.814. The van der Waals surface area contributed by atoms with Crippen molar-refractivity contribution in [2.24, 2.45) is 0 Å². The Labute approximate surface area is 161 Å². The topological polar surface area (TPSA) is 118 Å². The minimum absolute atomic E-state index is 0.203. The molecular weight excluding hydrogens is 368 g/mol. The number of ether oxygens (including phenoxy) is 3.